The number of anilines is 9. The summed E-state index contributed by atoms with van der Waals surface area (Å²) in [6.45, 7) is 27.1. The van der Waals surface area contributed by atoms with E-state index in [1.54, 1.807) is 0 Å². The minimum absolute atomic E-state index is 0.00682. The molecule has 0 fully saturated rings. The van der Waals surface area contributed by atoms with Gasteiger partial charge in [-0.25, -0.2) is 0 Å². The molecular formula is C76H71B2N3O2S. The van der Waals surface area contributed by atoms with E-state index in [4.69, 9.17) is 9.47 Å². The van der Waals surface area contributed by atoms with Crippen molar-refractivity contribution in [1.29, 1.82) is 0 Å². The molecular weight excluding hydrogens is 1040 g/mol. The summed E-state index contributed by atoms with van der Waals surface area (Å²) in [5.74, 6) is 3.18. The summed E-state index contributed by atoms with van der Waals surface area (Å²) < 4.78 is 14.1. The van der Waals surface area contributed by atoms with Crippen LogP contribution in [0.1, 0.15) is 105 Å². The number of hydrogen-bond acceptors (Lipinski definition) is 6. The molecule has 0 spiro atoms. The van der Waals surface area contributed by atoms with Crippen molar-refractivity contribution < 1.29 is 9.47 Å². The van der Waals surface area contributed by atoms with E-state index in [1.807, 2.05) is 11.8 Å². The monoisotopic (exact) mass is 1110 g/mol. The maximum absolute atomic E-state index is 7.14. The van der Waals surface area contributed by atoms with Gasteiger partial charge in [0.25, 0.3) is 6.71 Å². The fourth-order valence-corrected chi connectivity index (χ4v) is 14.3. The third-order valence-electron chi connectivity index (χ3n) is 17.6. The Labute approximate surface area is 502 Å². The first kappa shape index (κ1) is 53.7. The lowest BCUT2D eigenvalue weighted by Crippen LogP contribution is -2.64. The van der Waals surface area contributed by atoms with E-state index in [0.29, 0.717) is 0 Å². The quantitative estimate of drug-likeness (QED) is 0.148. The molecule has 5 nitrogen and oxygen atoms in total. The lowest BCUT2D eigenvalue weighted by Gasteiger charge is -2.46. The number of ether oxygens (including phenoxy) is 2. The molecule has 0 aromatic heterocycles. The van der Waals surface area contributed by atoms with E-state index in [0.717, 1.165) is 74.2 Å². The lowest BCUT2D eigenvalue weighted by atomic mass is 9.30. The molecule has 414 valence electrons. The molecule has 0 aliphatic carbocycles. The van der Waals surface area contributed by atoms with Crippen molar-refractivity contribution in [3.63, 3.8) is 0 Å². The first-order valence-corrected chi connectivity index (χ1v) is 30.6. The van der Waals surface area contributed by atoms with E-state index in [9.17, 15) is 0 Å². The van der Waals surface area contributed by atoms with Gasteiger partial charge in [-0.15, -0.1) is 0 Å². The predicted octanol–water partition coefficient (Wildman–Crippen LogP) is 17.3. The number of fused-ring (bicyclic) bond motifs is 8. The second-order valence-corrected chi connectivity index (χ2v) is 28.5. The molecule has 0 atom stereocenters. The number of nitrogens with zero attached hydrogens (tertiary/aromatic N) is 3. The number of hydrogen-bond donors (Lipinski definition) is 0. The Morgan fingerprint density at radius 2 is 0.667 bits per heavy atom. The average molecular weight is 1110 g/mol. The van der Waals surface area contributed by atoms with Gasteiger partial charge >= 0.3 is 0 Å². The maximum Gasteiger partial charge on any atom is 0.252 e. The topological polar surface area (TPSA) is 28.2 Å². The van der Waals surface area contributed by atoms with Crippen LogP contribution in [-0.2, 0) is 21.7 Å². The minimum atomic E-state index is -0.134. The van der Waals surface area contributed by atoms with Gasteiger partial charge in [-0.1, -0.05) is 210 Å². The van der Waals surface area contributed by atoms with E-state index >= 15 is 0 Å². The normalized spacial score (nSPS) is 14.0. The predicted molar refractivity (Wildman–Crippen MR) is 358 cm³/mol. The van der Waals surface area contributed by atoms with Gasteiger partial charge in [-0.05, 0) is 156 Å². The van der Waals surface area contributed by atoms with Gasteiger partial charge in [-0.2, -0.15) is 0 Å². The van der Waals surface area contributed by atoms with Crippen LogP contribution in [0.2, 0.25) is 0 Å². The third-order valence-corrected chi connectivity index (χ3v) is 18.8. The van der Waals surface area contributed by atoms with Crippen molar-refractivity contribution in [2.75, 3.05) is 14.7 Å². The van der Waals surface area contributed by atoms with Crippen molar-refractivity contribution in [2.45, 2.75) is 115 Å². The molecule has 0 N–H and O–H groups in total. The highest BCUT2D eigenvalue weighted by molar-refractivity contribution is 8.00. The highest BCUT2D eigenvalue weighted by atomic mass is 32.2. The average Bonchev–Trinajstić information content (AvgIpc) is 0.792. The molecule has 0 saturated heterocycles. The van der Waals surface area contributed by atoms with Gasteiger partial charge in [0, 0.05) is 79.2 Å². The van der Waals surface area contributed by atoms with Gasteiger partial charge in [0.2, 0.25) is 6.71 Å². The molecule has 4 heterocycles. The molecule has 10 aromatic carbocycles. The van der Waals surface area contributed by atoms with Gasteiger partial charge < -0.3 is 24.2 Å². The summed E-state index contributed by atoms with van der Waals surface area (Å²) in [5.41, 5.74) is 22.7. The summed E-state index contributed by atoms with van der Waals surface area (Å²) in [6, 6.07) is 79.2. The zero-order valence-electron chi connectivity index (χ0n) is 50.4. The minimum Gasteiger partial charge on any atom is -0.457 e. The fourth-order valence-electron chi connectivity index (χ4n) is 13.2. The number of benzene rings is 10. The van der Waals surface area contributed by atoms with Gasteiger partial charge in [0.15, 0.2) is 0 Å². The summed E-state index contributed by atoms with van der Waals surface area (Å²) in [7, 11) is 0. The Hall–Kier alpha value is -8.32. The first-order chi connectivity index (χ1) is 40.2. The Kier molecular flexibility index (Phi) is 12.5. The van der Waals surface area contributed by atoms with Gasteiger partial charge in [-0.3, -0.25) is 0 Å². The van der Waals surface area contributed by atoms with Crippen LogP contribution in [0, 0.1) is 0 Å². The molecule has 14 rings (SSSR count). The highest BCUT2D eigenvalue weighted by Gasteiger charge is 2.48. The number of para-hydroxylation sites is 2. The zero-order valence-corrected chi connectivity index (χ0v) is 51.2. The molecule has 8 heteroatoms. The van der Waals surface area contributed by atoms with Crippen molar-refractivity contribution in [1.82, 2.24) is 0 Å². The van der Waals surface area contributed by atoms with Crippen molar-refractivity contribution in [2.24, 2.45) is 0 Å². The SMILES string of the molecule is CC(C)(C)c1ccc(Oc2cc3c4c(c2)N(c2ccc(C(C)(C)C)cc2)c2cc5c(cc2B4c2ccccc2S3)B2c3ccccc3N(c3ccccc3)c3cc(Oc4ccc(C(C)(C)C)cc4)cc(c32)N5c2ccc(C(C)(C)C)cc2)cc1. The van der Waals surface area contributed by atoms with Crippen molar-refractivity contribution in [3.8, 4) is 23.0 Å². The van der Waals surface area contributed by atoms with E-state index in [1.165, 1.54) is 64.8 Å². The standard InChI is InChI=1S/C76H71B2N3O2S/c1-73(2,3)48-26-34-53(35-27-48)80-64-47-65-62(46-61(64)77-59-22-16-18-24-63(59)79(52-20-14-13-15-21-52)66-42-57(43-67(80)71(66)77)82-55-38-30-50(31-39-55)75(7,8)9)78-60-23-17-19-25-69(60)84-70-45-58(83-56-40-32-51(33-41-56)76(10,11)12)44-68(72(70)78)81(65)54-36-28-49(29-37-54)74(4,5)6/h13-47H,1-12H3. The third kappa shape index (κ3) is 9.20. The summed E-state index contributed by atoms with van der Waals surface area (Å²) in [4.78, 5) is 10.00. The van der Waals surface area contributed by atoms with Crippen LogP contribution in [0.3, 0.4) is 0 Å². The molecule has 10 aromatic rings. The smallest absolute Gasteiger partial charge is 0.252 e. The largest absolute Gasteiger partial charge is 0.457 e. The summed E-state index contributed by atoms with van der Waals surface area (Å²) >= 11 is 1.85. The van der Waals surface area contributed by atoms with Crippen LogP contribution in [0.4, 0.5) is 51.2 Å². The van der Waals surface area contributed by atoms with Crippen LogP contribution in [-0.4, -0.2) is 13.4 Å². The van der Waals surface area contributed by atoms with Gasteiger partial charge in [0.05, 0.1) is 0 Å². The molecule has 0 unspecified atom stereocenters. The summed E-state index contributed by atoms with van der Waals surface area (Å²) in [5, 5.41) is 0. The van der Waals surface area contributed by atoms with Crippen molar-refractivity contribution in [3.05, 3.63) is 235 Å². The van der Waals surface area contributed by atoms with E-state index < -0.39 is 0 Å². The molecule has 4 aliphatic rings. The summed E-state index contributed by atoms with van der Waals surface area (Å²) in [6.07, 6.45) is 0. The molecule has 84 heavy (non-hydrogen) atoms. The molecule has 0 bridgehead atoms. The second kappa shape index (κ2) is 19.6. The Bertz CT molecular complexity index is 4210. The molecule has 0 saturated carbocycles. The van der Waals surface area contributed by atoms with Crippen LogP contribution in [0.5, 0.6) is 23.0 Å². The maximum atomic E-state index is 7.14. The van der Waals surface area contributed by atoms with E-state index in [2.05, 4.69) is 310 Å². The van der Waals surface area contributed by atoms with Crippen LogP contribution in [0.25, 0.3) is 0 Å². The molecule has 0 radical (unpaired) electrons. The van der Waals surface area contributed by atoms with E-state index in [-0.39, 0.29) is 35.1 Å². The Balaban J connectivity index is 1.05. The fraction of sp³-hybridized carbons (Fsp3) is 0.211. The highest BCUT2D eigenvalue weighted by Crippen LogP contribution is 2.50. The first-order valence-electron chi connectivity index (χ1n) is 29.8. The molecule has 0 amide bonds. The van der Waals surface area contributed by atoms with Crippen LogP contribution >= 0.6 is 11.8 Å². The Morgan fingerprint density at radius 1 is 0.286 bits per heavy atom. The lowest BCUT2D eigenvalue weighted by molar-refractivity contribution is 0.480. The van der Waals surface area contributed by atoms with Crippen LogP contribution < -0.4 is 57.0 Å². The molecule has 4 aliphatic heterocycles. The van der Waals surface area contributed by atoms with Crippen LogP contribution in [0.15, 0.2) is 222 Å². The number of rotatable bonds is 7. The van der Waals surface area contributed by atoms with Gasteiger partial charge in [0.1, 0.15) is 23.0 Å². The second-order valence-electron chi connectivity index (χ2n) is 27.5. The zero-order chi connectivity index (χ0) is 58.2. The van der Waals surface area contributed by atoms with Crippen molar-refractivity contribution >= 4 is 109 Å². The Morgan fingerprint density at radius 3 is 1.15 bits per heavy atom.